The number of ether oxygens (including phenoxy) is 2. The minimum absolute atomic E-state index is 0.0282. The number of hydrogen-bond donors (Lipinski definition) is 0. The number of hydrogen-bond acceptors (Lipinski definition) is 4. The molecule has 0 radical (unpaired) electrons. The maximum Gasteiger partial charge on any atom is 0.228 e. The van der Waals surface area contributed by atoms with Crippen LogP contribution in [0.1, 0.15) is 30.9 Å². The molecule has 2 aliphatic rings. The zero-order valence-corrected chi connectivity index (χ0v) is 17.1. The van der Waals surface area contributed by atoms with Gasteiger partial charge in [0.05, 0.1) is 26.2 Å². The third kappa shape index (κ3) is 3.72. The standard InChI is InChI=1S/C23H25FN2O4/c1-29-20-9-8-15(11-21(20)30-2)19-7-4-10-25(19)23(28)16-12-22(27)26(14-16)18-6-3-5-17(24)13-18/h3,5-6,8-9,11,13,16,19H,4,7,10,12,14H2,1-2H3/t16-,19-/m1/s1. The van der Waals surface area contributed by atoms with Crippen LogP contribution in [0.25, 0.3) is 0 Å². The zero-order chi connectivity index (χ0) is 21.3. The first-order chi connectivity index (χ1) is 14.5. The molecule has 0 saturated carbocycles. The number of carbonyl (C=O) groups is 2. The minimum atomic E-state index is -0.429. The largest absolute Gasteiger partial charge is 0.493 e. The number of benzene rings is 2. The van der Waals surface area contributed by atoms with E-state index in [1.165, 1.54) is 17.0 Å². The Morgan fingerprint density at radius 1 is 1.10 bits per heavy atom. The Morgan fingerprint density at radius 3 is 2.63 bits per heavy atom. The molecule has 0 spiro atoms. The van der Waals surface area contributed by atoms with Crippen molar-refractivity contribution < 1.29 is 23.5 Å². The summed E-state index contributed by atoms with van der Waals surface area (Å²) in [7, 11) is 3.18. The van der Waals surface area contributed by atoms with Crippen LogP contribution in [0.15, 0.2) is 42.5 Å². The molecule has 0 N–H and O–H groups in total. The molecular weight excluding hydrogens is 387 g/mol. The Labute approximate surface area is 175 Å². The molecule has 158 valence electrons. The molecule has 2 amide bonds. The van der Waals surface area contributed by atoms with Crippen molar-refractivity contribution in [3.63, 3.8) is 0 Å². The van der Waals surface area contributed by atoms with E-state index >= 15 is 0 Å². The molecular formula is C23H25FN2O4. The van der Waals surface area contributed by atoms with E-state index in [0.29, 0.717) is 23.7 Å². The van der Waals surface area contributed by atoms with E-state index in [9.17, 15) is 14.0 Å². The van der Waals surface area contributed by atoms with E-state index in [4.69, 9.17) is 9.47 Å². The van der Waals surface area contributed by atoms with Gasteiger partial charge in [-0.1, -0.05) is 12.1 Å². The van der Waals surface area contributed by atoms with Gasteiger partial charge in [0.25, 0.3) is 0 Å². The Morgan fingerprint density at radius 2 is 1.90 bits per heavy atom. The van der Waals surface area contributed by atoms with Gasteiger partial charge in [0.1, 0.15) is 5.82 Å². The van der Waals surface area contributed by atoms with Crippen LogP contribution in [0.3, 0.4) is 0 Å². The molecule has 2 aromatic rings. The Hall–Kier alpha value is -3.09. The average Bonchev–Trinajstić information content (AvgIpc) is 3.39. The lowest BCUT2D eigenvalue weighted by Gasteiger charge is -2.28. The Balaban J connectivity index is 1.52. The SMILES string of the molecule is COc1ccc([C@H]2CCCN2C(=O)[C@@H]2CC(=O)N(c3cccc(F)c3)C2)cc1OC. The summed E-state index contributed by atoms with van der Waals surface area (Å²) in [5, 5.41) is 0. The number of carbonyl (C=O) groups excluding carboxylic acids is 2. The van der Waals surface area contributed by atoms with E-state index in [2.05, 4.69) is 0 Å². The molecule has 0 aliphatic carbocycles. The molecule has 6 nitrogen and oxygen atoms in total. The first-order valence-electron chi connectivity index (χ1n) is 10.1. The summed E-state index contributed by atoms with van der Waals surface area (Å²) in [5.74, 6) is 0.261. The molecule has 2 aromatic carbocycles. The van der Waals surface area contributed by atoms with Crippen molar-refractivity contribution in [3.8, 4) is 11.5 Å². The van der Waals surface area contributed by atoms with Gasteiger partial charge in [0.2, 0.25) is 11.8 Å². The molecule has 2 aliphatic heterocycles. The maximum atomic E-state index is 13.6. The summed E-state index contributed by atoms with van der Waals surface area (Å²) < 4.78 is 24.3. The smallest absolute Gasteiger partial charge is 0.228 e. The highest BCUT2D eigenvalue weighted by Gasteiger charge is 2.40. The molecule has 2 fully saturated rings. The fraction of sp³-hybridized carbons (Fsp3) is 0.391. The quantitative estimate of drug-likeness (QED) is 0.754. The third-order valence-electron chi connectivity index (χ3n) is 5.92. The van der Waals surface area contributed by atoms with Crippen LogP contribution in [0, 0.1) is 11.7 Å². The molecule has 0 aromatic heterocycles. The number of nitrogens with zero attached hydrogens (tertiary/aromatic N) is 2. The Kier molecular flexibility index (Phi) is 5.61. The first-order valence-corrected chi connectivity index (χ1v) is 10.1. The number of halogens is 1. The minimum Gasteiger partial charge on any atom is -0.493 e. The van der Waals surface area contributed by atoms with E-state index < -0.39 is 11.7 Å². The van der Waals surface area contributed by atoms with Gasteiger partial charge in [-0.25, -0.2) is 4.39 Å². The molecule has 0 bridgehead atoms. The fourth-order valence-electron chi connectivity index (χ4n) is 4.44. The van der Waals surface area contributed by atoms with Crippen molar-refractivity contribution in [2.45, 2.75) is 25.3 Å². The highest BCUT2D eigenvalue weighted by molar-refractivity contribution is 6.00. The third-order valence-corrected chi connectivity index (χ3v) is 5.92. The zero-order valence-electron chi connectivity index (χ0n) is 17.1. The van der Waals surface area contributed by atoms with Crippen LogP contribution in [0.4, 0.5) is 10.1 Å². The molecule has 2 heterocycles. The lowest BCUT2D eigenvalue weighted by Crippen LogP contribution is -2.37. The maximum absolute atomic E-state index is 13.6. The predicted molar refractivity (Wildman–Crippen MR) is 110 cm³/mol. The lowest BCUT2D eigenvalue weighted by atomic mass is 10.0. The summed E-state index contributed by atoms with van der Waals surface area (Å²) in [4.78, 5) is 29.2. The van der Waals surface area contributed by atoms with Gasteiger partial charge in [0.15, 0.2) is 11.5 Å². The fourth-order valence-corrected chi connectivity index (χ4v) is 4.44. The molecule has 30 heavy (non-hydrogen) atoms. The summed E-state index contributed by atoms with van der Waals surface area (Å²) in [6.07, 6.45) is 1.90. The van der Waals surface area contributed by atoms with Gasteiger partial charge in [0, 0.05) is 25.2 Å². The van der Waals surface area contributed by atoms with Gasteiger partial charge < -0.3 is 19.3 Å². The van der Waals surface area contributed by atoms with Crippen molar-refractivity contribution >= 4 is 17.5 Å². The number of methoxy groups -OCH3 is 2. The molecule has 4 rings (SSSR count). The van der Waals surface area contributed by atoms with Crippen LogP contribution < -0.4 is 14.4 Å². The topological polar surface area (TPSA) is 59.1 Å². The van der Waals surface area contributed by atoms with Crippen LogP contribution in [-0.4, -0.2) is 44.0 Å². The van der Waals surface area contributed by atoms with E-state index in [-0.39, 0.29) is 30.8 Å². The number of amides is 2. The van der Waals surface area contributed by atoms with Gasteiger partial charge >= 0.3 is 0 Å². The highest BCUT2D eigenvalue weighted by atomic mass is 19.1. The summed E-state index contributed by atoms with van der Waals surface area (Å²) >= 11 is 0. The highest BCUT2D eigenvalue weighted by Crippen LogP contribution is 2.38. The van der Waals surface area contributed by atoms with Crippen LogP contribution >= 0.6 is 0 Å². The van der Waals surface area contributed by atoms with Crippen LogP contribution in [0.5, 0.6) is 11.5 Å². The summed E-state index contributed by atoms with van der Waals surface area (Å²) in [6.45, 7) is 0.929. The van der Waals surface area contributed by atoms with E-state index in [1.54, 1.807) is 26.4 Å². The summed E-state index contributed by atoms with van der Waals surface area (Å²) in [6, 6.07) is 11.6. The van der Waals surface area contributed by atoms with E-state index in [1.807, 2.05) is 23.1 Å². The molecule has 7 heteroatoms. The van der Waals surface area contributed by atoms with Crippen molar-refractivity contribution in [2.75, 3.05) is 32.2 Å². The monoisotopic (exact) mass is 412 g/mol. The van der Waals surface area contributed by atoms with E-state index in [0.717, 1.165) is 18.4 Å². The molecule has 2 saturated heterocycles. The molecule has 0 unspecified atom stereocenters. The lowest BCUT2D eigenvalue weighted by molar-refractivity contribution is -0.136. The van der Waals surface area contributed by atoms with Crippen molar-refractivity contribution in [1.29, 1.82) is 0 Å². The second kappa shape index (κ2) is 8.34. The van der Waals surface area contributed by atoms with Crippen LogP contribution in [0.2, 0.25) is 0 Å². The molecule has 2 atom stereocenters. The predicted octanol–water partition coefficient (Wildman–Crippen LogP) is 3.56. The van der Waals surface area contributed by atoms with Crippen molar-refractivity contribution in [3.05, 3.63) is 53.8 Å². The Bertz CT molecular complexity index is 964. The van der Waals surface area contributed by atoms with Gasteiger partial charge in [-0.3, -0.25) is 9.59 Å². The first kappa shape index (κ1) is 20.2. The van der Waals surface area contributed by atoms with Crippen molar-refractivity contribution in [2.24, 2.45) is 5.92 Å². The van der Waals surface area contributed by atoms with Gasteiger partial charge in [-0.15, -0.1) is 0 Å². The number of rotatable bonds is 5. The normalized spacial score (nSPS) is 21.2. The van der Waals surface area contributed by atoms with Crippen LogP contribution in [-0.2, 0) is 9.59 Å². The second-order valence-electron chi connectivity index (χ2n) is 7.69. The summed E-state index contributed by atoms with van der Waals surface area (Å²) in [5.41, 5.74) is 1.48. The van der Waals surface area contributed by atoms with Crippen molar-refractivity contribution in [1.82, 2.24) is 4.90 Å². The number of anilines is 1. The van der Waals surface area contributed by atoms with Gasteiger partial charge in [-0.2, -0.15) is 0 Å². The second-order valence-corrected chi connectivity index (χ2v) is 7.69. The average molecular weight is 412 g/mol. The number of likely N-dealkylation sites (tertiary alicyclic amines) is 1. The van der Waals surface area contributed by atoms with Gasteiger partial charge in [-0.05, 0) is 48.7 Å².